The summed E-state index contributed by atoms with van der Waals surface area (Å²) < 4.78 is 10.6. The van der Waals surface area contributed by atoms with Gasteiger partial charge in [-0.25, -0.2) is 4.79 Å². The molecule has 0 fully saturated rings. The molecule has 3 aromatic rings. The van der Waals surface area contributed by atoms with Gasteiger partial charge in [-0.1, -0.05) is 35.9 Å². The van der Waals surface area contributed by atoms with Crippen molar-refractivity contribution in [3.05, 3.63) is 99.1 Å². The molecule has 1 N–H and O–H groups in total. The maximum atomic E-state index is 12.7. The Morgan fingerprint density at radius 1 is 1.06 bits per heavy atom. The fourth-order valence-corrected chi connectivity index (χ4v) is 2.94. The minimum Gasteiger partial charge on any atom is -0.495 e. The van der Waals surface area contributed by atoms with Gasteiger partial charge in [0.05, 0.1) is 23.3 Å². The quantitative estimate of drug-likeness (QED) is 0.136. The number of benzene rings is 3. The number of carbonyl (C=O) groups is 2. The zero-order chi connectivity index (χ0) is 24.7. The first-order valence-corrected chi connectivity index (χ1v) is 9.96. The van der Waals surface area contributed by atoms with Crippen LogP contribution in [0.25, 0.3) is 6.08 Å². The number of ether oxygens (including phenoxy) is 2. The molecule has 3 rings (SSSR count). The molecule has 0 aliphatic heterocycles. The number of esters is 1. The summed E-state index contributed by atoms with van der Waals surface area (Å²) in [6.07, 6.45) is 1.26. The van der Waals surface area contributed by atoms with Gasteiger partial charge in [-0.05, 0) is 37.3 Å². The number of nitro groups is 1. The SMILES string of the molecule is COc1ccc([N+](=O)[O-])cc1NC(=O)/C(C#N)=C/c1ccccc1OC(=O)c1ccc(C)cc1. The van der Waals surface area contributed by atoms with E-state index >= 15 is 0 Å². The molecule has 170 valence electrons. The summed E-state index contributed by atoms with van der Waals surface area (Å²) >= 11 is 0. The molecule has 0 heterocycles. The summed E-state index contributed by atoms with van der Waals surface area (Å²) in [5.41, 5.74) is 1.12. The lowest BCUT2D eigenvalue weighted by atomic mass is 10.1. The van der Waals surface area contributed by atoms with E-state index in [0.29, 0.717) is 11.1 Å². The number of anilines is 1. The molecule has 0 aliphatic carbocycles. The molecular formula is C25H19N3O6. The number of carbonyl (C=O) groups excluding carboxylic acids is 2. The summed E-state index contributed by atoms with van der Waals surface area (Å²) in [6, 6.07) is 18.7. The molecule has 3 aromatic carbocycles. The van der Waals surface area contributed by atoms with E-state index in [9.17, 15) is 25.0 Å². The number of hydrogen-bond acceptors (Lipinski definition) is 7. The third-order valence-electron chi connectivity index (χ3n) is 4.72. The average Bonchev–Trinajstić information content (AvgIpc) is 2.83. The number of hydrogen-bond donors (Lipinski definition) is 1. The Balaban J connectivity index is 1.87. The molecule has 0 saturated heterocycles. The second kappa shape index (κ2) is 10.6. The van der Waals surface area contributed by atoms with Crippen LogP contribution in [0.2, 0.25) is 0 Å². The van der Waals surface area contributed by atoms with Gasteiger partial charge in [-0.3, -0.25) is 14.9 Å². The molecule has 0 spiro atoms. The first kappa shape index (κ1) is 23.7. The van der Waals surface area contributed by atoms with Crippen LogP contribution < -0.4 is 14.8 Å². The summed E-state index contributed by atoms with van der Waals surface area (Å²) in [7, 11) is 1.34. The number of nitrogens with zero attached hydrogens (tertiary/aromatic N) is 2. The highest BCUT2D eigenvalue weighted by Crippen LogP contribution is 2.29. The zero-order valence-corrected chi connectivity index (χ0v) is 18.3. The minimum absolute atomic E-state index is 0.0296. The summed E-state index contributed by atoms with van der Waals surface area (Å²) in [6.45, 7) is 1.90. The molecule has 0 bridgehead atoms. The second-order valence-corrected chi connectivity index (χ2v) is 7.06. The number of non-ortho nitro benzene ring substituents is 1. The molecule has 0 atom stereocenters. The van der Waals surface area contributed by atoms with Crippen molar-refractivity contribution in [2.24, 2.45) is 0 Å². The fourth-order valence-electron chi connectivity index (χ4n) is 2.94. The molecule has 0 aromatic heterocycles. The number of aryl methyl sites for hydroxylation is 1. The predicted octanol–water partition coefficient (Wildman–Crippen LogP) is 4.68. The Labute approximate surface area is 195 Å². The van der Waals surface area contributed by atoms with Gasteiger partial charge < -0.3 is 14.8 Å². The Bertz CT molecular complexity index is 1320. The van der Waals surface area contributed by atoms with Gasteiger partial charge in [0.2, 0.25) is 0 Å². The number of amides is 1. The Morgan fingerprint density at radius 2 is 1.76 bits per heavy atom. The van der Waals surface area contributed by atoms with Crippen molar-refractivity contribution in [3.8, 4) is 17.6 Å². The highest BCUT2D eigenvalue weighted by atomic mass is 16.6. The zero-order valence-electron chi connectivity index (χ0n) is 18.3. The molecule has 34 heavy (non-hydrogen) atoms. The van der Waals surface area contributed by atoms with Crippen LogP contribution in [0.15, 0.2) is 72.3 Å². The molecular weight excluding hydrogens is 438 g/mol. The fraction of sp³-hybridized carbons (Fsp3) is 0.0800. The lowest BCUT2D eigenvalue weighted by Gasteiger charge is -2.10. The van der Waals surface area contributed by atoms with Crippen molar-refractivity contribution >= 4 is 29.3 Å². The molecule has 1 amide bonds. The van der Waals surface area contributed by atoms with Crippen LogP contribution in [-0.4, -0.2) is 23.9 Å². The van der Waals surface area contributed by atoms with Crippen LogP contribution in [0.1, 0.15) is 21.5 Å². The van der Waals surface area contributed by atoms with Crippen LogP contribution in [0.5, 0.6) is 11.5 Å². The largest absolute Gasteiger partial charge is 0.495 e. The smallest absolute Gasteiger partial charge is 0.343 e. The van der Waals surface area contributed by atoms with Gasteiger partial charge in [0.1, 0.15) is 23.1 Å². The summed E-state index contributed by atoms with van der Waals surface area (Å²) in [5.74, 6) is -1.07. The van der Waals surface area contributed by atoms with Gasteiger partial charge in [0, 0.05) is 17.7 Å². The van der Waals surface area contributed by atoms with Crippen molar-refractivity contribution in [1.29, 1.82) is 5.26 Å². The highest BCUT2D eigenvalue weighted by Gasteiger charge is 2.17. The van der Waals surface area contributed by atoms with Gasteiger partial charge in [-0.15, -0.1) is 0 Å². The van der Waals surface area contributed by atoms with E-state index in [4.69, 9.17) is 9.47 Å². The monoisotopic (exact) mass is 457 g/mol. The van der Waals surface area contributed by atoms with Crippen molar-refractivity contribution in [3.63, 3.8) is 0 Å². The maximum absolute atomic E-state index is 12.7. The Morgan fingerprint density at radius 3 is 2.41 bits per heavy atom. The van der Waals surface area contributed by atoms with Crippen molar-refractivity contribution in [2.75, 3.05) is 12.4 Å². The second-order valence-electron chi connectivity index (χ2n) is 7.06. The molecule has 9 heteroatoms. The van der Waals surface area contributed by atoms with E-state index in [1.807, 2.05) is 6.92 Å². The van der Waals surface area contributed by atoms with E-state index < -0.39 is 16.8 Å². The maximum Gasteiger partial charge on any atom is 0.343 e. The van der Waals surface area contributed by atoms with Gasteiger partial charge in [0.25, 0.3) is 11.6 Å². The van der Waals surface area contributed by atoms with Crippen LogP contribution >= 0.6 is 0 Å². The molecule has 9 nitrogen and oxygen atoms in total. The van der Waals surface area contributed by atoms with E-state index in [2.05, 4.69) is 5.32 Å². The Hall–Kier alpha value is -4.97. The number of methoxy groups -OCH3 is 1. The molecule has 0 radical (unpaired) electrons. The summed E-state index contributed by atoms with van der Waals surface area (Å²) in [5, 5.41) is 23.1. The van der Waals surface area contributed by atoms with Gasteiger partial charge >= 0.3 is 5.97 Å². The Kier molecular flexibility index (Phi) is 7.36. The first-order valence-electron chi connectivity index (χ1n) is 9.96. The topological polar surface area (TPSA) is 132 Å². The average molecular weight is 457 g/mol. The normalized spacial score (nSPS) is 10.7. The number of rotatable bonds is 7. The third-order valence-corrected chi connectivity index (χ3v) is 4.72. The molecule has 0 saturated carbocycles. The van der Waals surface area contributed by atoms with E-state index in [0.717, 1.165) is 11.6 Å². The third kappa shape index (κ3) is 5.63. The van der Waals surface area contributed by atoms with Gasteiger partial charge in [-0.2, -0.15) is 5.26 Å². The van der Waals surface area contributed by atoms with Gasteiger partial charge in [0.15, 0.2) is 0 Å². The number of nitro benzene ring substituents is 1. The first-order chi connectivity index (χ1) is 16.3. The van der Waals surface area contributed by atoms with E-state index in [-0.39, 0.29) is 28.4 Å². The van der Waals surface area contributed by atoms with Crippen LogP contribution in [0.3, 0.4) is 0 Å². The predicted molar refractivity (Wildman–Crippen MR) is 124 cm³/mol. The summed E-state index contributed by atoms with van der Waals surface area (Å²) in [4.78, 5) is 35.7. The lowest BCUT2D eigenvalue weighted by Crippen LogP contribution is -2.14. The standard InChI is InChI=1S/C25H19N3O6/c1-16-7-9-17(10-8-16)25(30)34-22-6-4-3-5-18(22)13-19(15-26)24(29)27-21-14-20(28(31)32)11-12-23(21)33-2/h3-14H,1-2H3,(H,27,29)/b19-13+. The number of nitriles is 1. The van der Waals surface area contributed by atoms with Crippen LogP contribution in [0, 0.1) is 28.4 Å². The highest BCUT2D eigenvalue weighted by molar-refractivity contribution is 6.10. The lowest BCUT2D eigenvalue weighted by molar-refractivity contribution is -0.384. The van der Waals surface area contributed by atoms with E-state index in [1.165, 1.54) is 31.4 Å². The number of nitrogens with one attached hydrogen (secondary N) is 1. The molecule has 0 unspecified atom stereocenters. The van der Waals surface area contributed by atoms with Crippen molar-refractivity contribution < 1.29 is 24.0 Å². The van der Waals surface area contributed by atoms with Crippen LogP contribution in [0.4, 0.5) is 11.4 Å². The van der Waals surface area contributed by atoms with Crippen molar-refractivity contribution in [1.82, 2.24) is 0 Å². The van der Waals surface area contributed by atoms with Crippen LogP contribution in [-0.2, 0) is 4.79 Å². The van der Waals surface area contributed by atoms with Crippen molar-refractivity contribution in [2.45, 2.75) is 6.92 Å². The minimum atomic E-state index is -0.819. The number of para-hydroxylation sites is 1. The van der Waals surface area contributed by atoms with E-state index in [1.54, 1.807) is 48.5 Å². The molecule has 0 aliphatic rings.